The summed E-state index contributed by atoms with van der Waals surface area (Å²) >= 11 is 1.88. The van der Waals surface area contributed by atoms with Crippen molar-refractivity contribution in [1.82, 2.24) is 0 Å². The summed E-state index contributed by atoms with van der Waals surface area (Å²) in [5.41, 5.74) is 10.7. The van der Waals surface area contributed by atoms with E-state index in [2.05, 4.69) is 193 Å². The topological polar surface area (TPSA) is 3.24 Å². The van der Waals surface area contributed by atoms with Gasteiger partial charge in [-0.25, -0.2) is 0 Å². The van der Waals surface area contributed by atoms with E-state index < -0.39 is 0 Å². The van der Waals surface area contributed by atoms with E-state index in [0.717, 1.165) is 17.1 Å². The number of para-hydroxylation sites is 2. The highest BCUT2D eigenvalue weighted by atomic mass is 32.1. The van der Waals surface area contributed by atoms with Gasteiger partial charge in [-0.1, -0.05) is 152 Å². The van der Waals surface area contributed by atoms with Crippen LogP contribution in [-0.2, 0) is 0 Å². The highest BCUT2D eigenvalue weighted by molar-refractivity contribution is 7.26. The van der Waals surface area contributed by atoms with Crippen molar-refractivity contribution in [2.24, 2.45) is 0 Å². The van der Waals surface area contributed by atoms with Crippen LogP contribution in [0.1, 0.15) is 0 Å². The first-order valence-electron chi connectivity index (χ1n) is 16.4. The van der Waals surface area contributed by atoms with Crippen molar-refractivity contribution in [3.63, 3.8) is 0 Å². The predicted molar refractivity (Wildman–Crippen MR) is 208 cm³/mol. The van der Waals surface area contributed by atoms with Gasteiger partial charge in [-0.15, -0.1) is 11.3 Å². The van der Waals surface area contributed by atoms with Crippen LogP contribution in [0.3, 0.4) is 0 Å². The molecule has 0 bridgehead atoms. The maximum absolute atomic E-state index is 2.41. The van der Waals surface area contributed by atoms with Crippen LogP contribution in [0.2, 0.25) is 0 Å². The van der Waals surface area contributed by atoms with E-state index in [0.29, 0.717) is 0 Å². The molecule has 0 saturated heterocycles. The summed E-state index contributed by atoms with van der Waals surface area (Å²) in [5.74, 6) is 0. The Morgan fingerprint density at radius 1 is 0.375 bits per heavy atom. The largest absolute Gasteiger partial charge is 0.310 e. The summed E-state index contributed by atoms with van der Waals surface area (Å²) < 4.78 is 2.65. The first kappa shape index (κ1) is 28.3. The standard InChI is InChI=1S/C46H31NS/c1-3-15-32(16-4-1)37-25-12-17-33-18-13-27-41(45(33)37)39-23-7-9-29-43(39)47(35-20-5-2-6-21-35)36-22-11-19-34(31-36)38-26-14-28-42-40-24-8-10-30-44(40)48-46(38)42/h1-31H. The molecule has 0 fully saturated rings. The van der Waals surface area contributed by atoms with E-state index in [1.54, 1.807) is 0 Å². The molecule has 0 radical (unpaired) electrons. The third-order valence-electron chi connectivity index (χ3n) is 9.26. The Bertz CT molecular complexity index is 2560. The van der Waals surface area contributed by atoms with Gasteiger partial charge in [-0.3, -0.25) is 0 Å². The number of nitrogens with zero attached hydrogens (tertiary/aromatic N) is 1. The zero-order valence-corrected chi connectivity index (χ0v) is 27.1. The molecule has 1 nitrogen and oxygen atoms in total. The molecule has 0 saturated carbocycles. The predicted octanol–water partition coefficient (Wildman–Crippen LogP) is 13.7. The molecule has 9 aromatic rings. The summed E-state index contributed by atoms with van der Waals surface area (Å²) in [7, 11) is 0. The van der Waals surface area contributed by atoms with Crippen LogP contribution in [0.25, 0.3) is 64.3 Å². The van der Waals surface area contributed by atoms with Crippen molar-refractivity contribution in [3.8, 4) is 33.4 Å². The summed E-state index contributed by atoms with van der Waals surface area (Å²) in [6.45, 7) is 0. The number of hydrogen-bond acceptors (Lipinski definition) is 2. The fraction of sp³-hybridized carbons (Fsp3) is 0. The molecule has 2 heteroatoms. The van der Waals surface area contributed by atoms with Crippen LogP contribution >= 0.6 is 11.3 Å². The first-order valence-corrected chi connectivity index (χ1v) is 17.2. The molecule has 8 aromatic carbocycles. The molecule has 9 rings (SSSR count). The van der Waals surface area contributed by atoms with Gasteiger partial charge in [-0.2, -0.15) is 0 Å². The Morgan fingerprint density at radius 3 is 1.81 bits per heavy atom. The third-order valence-corrected chi connectivity index (χ3v) is 10.5. The van der Waals surface area contributed by atoms with Gasteiger partial charge in [0, 0.05) is 37.1 Å². The number of benzene rings is 8. The minimum Gasteiger partial charge on any atom is -0.310 e. The molecule has 0 spiro atoms. The van der Waals surface area contributed by atoms with Crippen molar-refractivity contribution in [2.75, 3.05) is 4.90 Å². The number of fused-ring (bicyclic) bond motifs is 4. The quantitative estimate of drug-likeness (QED) is 0.177. The molecule has 0 aliphatic carbocycles. The van der Waals surface area contributed by atoms with E-state index in [-0.39, 0.29) is 0 Å². The fourth-order valence-electron chi connectivity index (χ4n) is 7.11. The second kappa shape index (κ2) is 12.0. The van der Waals surface area contributed by atoms with Gasteiger partial charge >= 0.3 is 0 Å². The van der Waals surface area contributed by atoms with Crippen molar-refractivity contribution in [3.05, 3.63) is 188 Å². The lowest BCUT2D eigenvalue weighted by Crippen LogP contribution is -2.11. The molecule has 0 N–H and O–H groups in total. The molecule has 0 unspecified atom stereocenters. The molecular formula is C46H31NS. The van der Waals surface area contributed by atoms with Crippen LogP contribution in [0, 0.1) is 0 Å². The Balaban J connectivity index is 1.26. The van der Waals surface area contributed by atoms with Gasteiger partial charge in [0.1, 0.15) is 0 Å². The monoisotopic (exact) mass is 629 g/mol. The van der Waals surface area contributed by atoms with Crippen LogP contribution in [0.5, 0.6) is 0 Å². The zero-order chi connectivity index (χ0) is 31.9. The maximum Gasteiger partial charge on any atom is 0.0540 e. The van der Waals surface area contributed by atoms with E-state index >= 15 is 0 Å². The normalized spacial score (nSPS) is 11.3. The van der Waals surface area contributed by atoms with Gasteiger partial charge in [0.15, 0.2) is 0 Å². The smallest absolute Gasteiger partial charge is 0.0540 e. The van der Waals surface area contributed by atoms with Crippen LogP contribution in [0.15, 0.2) is 188 Å². The Morgan fingerprint density at radius 2 is 0.958 bits per heavy atom. The van der Waals surface area contributed by atoms with Crippen molar-refractivity contribution in [2.45, 2.75) is 0 Å². The van der Waals surface area contributed by atoms with Crippen molar-refractivity contribution in [1.29, 1.82) is 0 Å². The number of thiophene rings is 1. The molecule has 48 heavy (non-hydrogen) atoms. The second-order valence-electron chi connectivity index (χ2n) is 12.1. The Hall–Kier alpha value is -5.96. The zero-order valence-electron chi connectivity index (χ0n) is 26.3. The molecular weight excluding hydrogens is 599 g/mol. The van der Waals surface area contributed by atoms with Gasteiger partial charge in [0.2, 0.25) is 0 Å². The molecule has 0 atom stereocenters. The summed E-state index contributed by atoms with van der Waals surface area (Å²) in [6.07, 6.45) is 0. The second-order valence-corrected chi connectivity index (χ2v) is 13.1. The third kappa shape index (κ3) is 4.86. The Kier molecular flexibility index (Phi) is 7.07. The average molecular weight is 630 g/mol. The molecule has 0 amide bonds. The maximum atomic E-state index is 2.41. The molecule has 1 aromatic heterocycles. The van der Waals surface area contributed by atoms with Gasteiger partial charge in [0.25, 0.3) is 0 Å². The number of anilines is 3. The Labute approximate surface area is 284 Å². The molecule has 0 aliphatic rings. The lowest BCUT2D eigenvalue weighted by Gasteiger charge is -2.28. The van der Waals surface area contributed by atoms with Crippen LogP contribution in [-0.4, -0.2) is 0 Å². The highest BCUT2D eigenvalue weighted by Crippen LogP contribution is 2.46. The van der Waals surface area contributed by atoms with Crippen LogP contribution in [0.4, 0.5) is 17.1 Å². The summed E-state index contributed by atoms with van der Waals surface area (Å²) in [6, 6.07) is 68.1. The number of hydrogen-bond donors (Lipinski definition) is 0. The average Bonchev–Trinajstić information content (AvgIpc) is 3.55. The van der Waals surface area contributed by atoms with E-state index in [4.69, 9.17) is 0 Å². The highest BCUT2D eigenvalue weighted by Gasteiger charge is 2.20. The SMILES string of the molecule is c1ccc(-c2cccc3cccc(-c4ccccc4N(c4ccccc4)c4cccc(-c5cccc6c5sc5ccccc56)c4)c23)cc1. The van der Waals surface area contributed by atoms with Crippen molar-refractivity contribution >= 4 is 59.3 Å². The van der Waals surface area contributed by atoms with Gasteiger partial charge < -0.3 is 4.90 Å². The van der Waals surface area contributed by atoms with Gasteiger partial charge in [0.05, 0.1) is 5.69 Å². The summed E-state index contributed by atoms with van der Waals surface area (Å²) in [5, 5.41) is 5.12. The van der Waals surface area contributed by atoms with E-state index in [9.17, 15) is 0 Å². The minimum atomic E-state index is 1.12. The minimum absolute atomic E-state index is 1.12. The lowest BCUT2D eigenvalue weighted by atomic mass is 9.90. The van der Waals surface area contributed by atoms with E-state index in [1.807, 2.05) is 11.3 Å². The number of rotatable bonds is 6. The van der Waals surface area contributed by atoms with Gasteiger partial charge in [-0.05, 0) is 75.0 Å². The molecule has 1 heterocycles. The van der Waals surface area contributed by atoms with Crippen molar-refractivity contribution < 1.29 is 0 Å². The van der Waals surface area contributed by atoms with Crippen LogP contribution < -0.4 is 4.90 Å². The summed E-state index contributed by atoms with van der Waals surface area (Å²) in [4.78, 5) is 2.41. The molecule has 226 valence electrons. The fourth-order valence-corrected chi connectivity index (χ4v) is 8.35. The molecule has 0 aliphatic heterocycles. The first-order chi connectivity index (χ1) is 23.8. The lowest BCUT2D eigenvalue weighted by molar-refractivity contribution is 1.28. The van der Waals surface area contributed by atoms with E-state index in [1.165, 1.54) is 64.3 Å².